The van der Waals surface area contributed by atoms with Gasteiger partial charge in [-0.05, 0) is 25.5 Å². The number of benzene rings is 1. The maximum absolute atomic E-state index is 4.07. The summed E-state index contributed by atoms with van der Waals surface area (Å²) in [6.45, 7) is 9.53. The smallest absolute Gasteiger partial charge is 0.0402 e. The third kappa shape index (κ3) is 1.75. The third-order valence-corrected chi connectivity index (χ3v) is 2.80. The second kappa shape index (κ2) is 4.01. The van der Waals surface area contributed by atoms with Gasteiger partial charge < -0.3 is 10.2 Å². The van der Waals surface area contributed by atoms with Crippen molar-refractivity contribution in [2.24, 2.45) is 0 Å². The quantitative estimate of drug-likeness (QED) is 0.723. The molecule has 0 amide bonds. The number of para-hydroxylation sites is 1. The zero-order valence-electron chi connectivity index (χ0n) is 8.66. The summed E-state index contributed by atoms with van der Waals surface area (Å²) in [5.41, 5.74) is 2.41. The Morgan fingerprint density at radius 1 is 1.43 bits per heavy atom. The van der Waals surface area contributed by atoms with E-state index in [1.54, 1.807) is 0 Å². The predicted molar refractivity (Wildman–Crippen MR) is 60.6 cm³/mol. The molecule has 0 saturated carbocycles. The van der Waals surface area contributed by atoms with Crippen LogP contribution >= 0.6 is 0 Å². The average molecular weight is 189 g/mol. The van der Waals surface area contributed by atoms with Crippen molar-refractivity contribution in [2.75, 3.05) is 24.5 Å². The van der Waals surface area contributed by atoms with Crippen LogP contribution in [-0.2, 0) is 0 Å². The molecule has 2 nitrogen and oxygen atoms in total. The molecule has 2 rings (SSSR count). The van der Waals surface area contributed by atoms with Gasteiger partial charge in [0.25, 0.3) is 0 Å². The molecule has 1 aliphatic rings. The van der Waals surface area contributed by atoms with E-state index in [0.717, 1.165) is 25.2 Å². The van der Waals surface area contributed by atoms with Crippen molar-refractivity contribution in [3.05, 3.63) is 36.8 Å². The Balaban J connectivity index is 2.25. The first-order valence-corrected chi connectivity index (χ1v) is 5.17. The highest BCUT2D eigenvalue weighted by atomic mass is 15.2. The van der Waals surface area contributed by atoms with Gasteiger partial charge in [0, 0.05) is 31.4 Å². The lowest BCUT2D eigenvalue weighted by Gasteiger charge is -2.36. The molecule has 0 spiro atoms. The Morgan fingerprint density at radius 3 is 2.93 bits per heavy atom. The summed E-state index contributed by atoms with van der Waals surface area (Å²) in [6, 6.07) is 8.91. The minimum absolute atomic E-state index is 0.562. The van der Waals surface area contributed by atoms with Gasteiger partial charge >= 0.3 is 0 Å². The van der Waals surface area contributed by atoms with E-state index in [-0.39, 0.29) is 0 Å². The number of nitrogens with one attached hydrogen (secondary N) is 1. The number of rotatable bonds is 1. The molecule has 1 fully saturated rings. The van der Waals surface area contributed by atoms with Crippen molar-refractivity contribution in [3.63, 3.8) is 0 Å². The summed E-state index contributed by atoms with van der Waals surface area (Å²) in [5, 5.41) is 3.39. The van der Waals surface area contributed by atoms with Crippen LogP contribution < -0.4 is 10.2 Å². The van der Waals surface area contributed by atoms with Gasteiger partial charge in [0.1, 0.15) is 0 Å². The second-order valence-electron chi connectivity index (χ2n) is 3.88. The molecule has 1 unspecified atom stereocenters. The van der Waals surface area contributed by atoms with E-state index >= 15 is 0 Å². The molecule has 1 aromatic rings. The third-order valence-electron chi connectivity index (χ3n) is 2.80. The van der Waals surface area contributed by atoms with Crippen molar-refractivity contribution >= 4 is 5.69 Å². The fourth-order valence-corrected chi connectivity index (χ4v) is 1.99. The highest BCUT2D eigenvalue weighted by Crippen LogP contribution is 2.22. The zero-order chi connectivity index (χ0) is 9.97. The lowest BCUT2D eigenvalue weighted by molar-refractivity contribution is 0.500. The molecule has 0 aromatic heterocycles. The predicted octanol–water partition coefficient (Wildman–Crippen LogP) is 1.67. The fraction of sp³-hybridized carbons (Fsp3) is 0.417. The first-order chi connectivity index (χ1) is 6.79. The van der Waals surface area contributed by atoms with Gasteiger partial charge in [-0.1, -0.05) is 18.2 Å². The monoisotopic (exact) mass is 189 g/mol. The molecule has 2 heteroatoms. The first-order valence-electron chi connectivity index (χ1n) is 5.17. The summed E-state index contributed by atoms with van der Waals surface area (Å²) in [7, 11) is 0. The molecule has 0 aliphatic carbocycles. The van der Waals surface area contributed by atoms with Crippen molar-refractivity contribution in [3.8, 4) is 0 Å². The van der Waals surface area contributed by atoms with Gasteiger partial charge in [-0.3, -0.25) is 0 Å². The van der Waals surface area contributed by atoms with E-state index in [2.05, 4.69) is 42.3 Å². The molecule has 0 bridgehead atoms. The number of nitrogens with zero attached hydrogens (tertiary/aromatic N) is 1. The number of anilines is 1. The summed E-state index contributed by atoms with van der Waals surface area (Å²) >= 11 is 0. The summed E-state index contributed by atoms with van der Waals surface area (Å²) < 4.78 is 0. The Bertz CT molecular complexity index is 309. The van der Waals surface area contributed by atoms with E-state index < -0.39 is 0 Å². The van der Waals surface area contributed by atoms with Gasteiger partial charge in [-0.2, -0.15) is 0 Å². The van der Waals surface area contributed by atoms with Crippen LogP contribution in [0.1, 0.15) is 12.5 Å². The first kappa shape index (κ1) is 9.53. The van der Waals surface area contributed by atoms with Crippen molar-refractivity contribution in [2.45, 2.75) is 13.0 Å². The van der Waals surface area contributed by atoms with E-state index in [9.17, 15) is 0 Å². The van der Waals surface area contributed by atoms with Crippen LogP contribution in [0.4, 0.5) is 5.69 Å². The number of piperazine rings is 1. The fourth-order valence-electron chi connectivity index (χ4n) is 1.99. The maximum Gasteiger partial charge on any atom is 0.0402 e. The van der Waals surface area contributed by atoms with Crippen LogP contribution in [0.15, 0.2) is 24.3 Å². The van der Waals surface area contributed by atoms with Gasteiger partial charge in [-0.15, -0.1) is 0 Å². The largest absolute Gasteiger partial charge is 0.366 e. The highest BCUT2D eigenvalue weighted by Gasteiger charge is 2.18. The standard InChI is InChI=1S/C12H17N2/c1-10-5-3-4-6-12(10)14-8-7-13-9-11(14)2/h3-6,11,13H,1,7-9H2,2H3. The molecule has 1 N–H and O–H groups in total. The SMILES string of the molecule is [CH2]c1ccccc1N1CCNCC1C. The molecule has 1 atom stereocenters. The van der Waals surface area contributed by atoms with E-state index in [4.69, 9.17) is 0 Å². The van der Waals surface area contributed by atoms with Crippen molar-refractivity contribution < 1.29 is 0 Å². The molecule has 1 aliphatic heterocycles. The molecule has 75 valence electrons. The summed E-state index contributed by atoms with van der Waals surface area (Å²) in [5.74, 6) is 0. The lowest BCUT2D eigenvalue weighted by Crippen LogP contribution is -2.50. The Morgan fingerprint density at radius 2 is 2.21 bits per heavy atom. The summed E-state index contributed by atoms with van der Waals surface area (Å²) in [4.78, 5) is 2.43. The van der Waals surface area contributed by atoms with Crippen LogP contribution in [0, 0.1) is 6.92 Å². The van der Waals surface area contributed by atoms with Gasteiger partial charge in [0.15, 0.2) is 0 Å². The molecule has 1 radical (unpaired) electrons. The minimum atomic E-state index is 0.562. The van der Waals surface area contributed by atoms with Gasteiger partial charge in [-0.25, -0.2) is 0 Å². The van der Waals surface area contributed by atoms with Gasteiger partial charge in [0.2, 0.25) is 0 Å². The van der Waals surface area contributed by atoms with Crippen LogP contribution in [-0.4, -0.2) is 25.7 Å². The topological polar surface area (TPSA) is 15.3 Å². The van der Waals surface area contributed by atoms with E-state index in [0.29, 0.717) is 6.04 Å². The van der Waals surface area contributed by atoms with Crippen LogP contribution in [0.2, 0.25) is 0 Å². The molecular formula is C12H17N2. The number of hydrogen-bond donors (Lipinski definition) is 1. The second-order valence-corrected chi connectivity index (χ2v) is 3.88. The van der Waals surface area contributed by atoms with E-state index in [1.807, 2.05) is 6.07 Å². The molecule has 1 heterocycles. The van der Waals surface area contributed by atoms with Crippen LogP contribution in [0.5, 0.6) is 0 Å². The Labute approximate surface area is 85.9 Å². The highest BCUT2D eigenvalue weighted by molar-refractivity contribution is 5.56. The average Bonchev–Trinajstić information content (AvgIpc) is 2.20. The Hall–Kier alpha value is -1.02. The minimum Gasteiger partial charge on any atom is -0.366 e. The number of hydrogen-bond acceptors (Lipinski definition) is 2. The normalized spacial score (nSPS) is 22.4. The van der Waals surface area contributed by atoms with Crippen molar-refractivity contribution in [1.82, 2.24) is 5.32 Å². The maximum atomic E-state index is 4.07. The molecule has 14 heavy (non-hydrogen) atoms. The lowest BCUT2D eigenvalue weighted by atomic mass is 10.1. The zero-order valence-corrected chi connectivity index (χ0v) is 8.66. The van der Waals surface area contributed by atoms with Crippen molar-refractivity contribution in [1.29, 1.82) is 0 Å². The van der Waals surface area contributed by atoms with E-state index in [1.165, 1.54) is 5.69 Å². The molecular weight excluding hydrogens is 172 g/mol. The Kier molecular flexibility index (Phi) is 2.73. The molecule has 1 aromatic carbocycles. The van der Waals surface area contributed by atoms with Crippen LogP contribution in [0.3, 0.4) is 0 Å². The molecule has 1 saturated heterocycles. The summed E-state index contributed by atoms with van der Waals surface area (Å²) in [6.07, 6.45) is 0. The van der Waals surface area contributed by atoms with Gasteiger partial charge in [0.05, 0.1) is 0 Å². The van der Waals surface area contributed by atoms with Crippen LogP contribution in [0.25, 0.3) is 0 Å².